The van der Waals surface area contributed by atoms with Gasteiger partial charge in [-0.15, -0.1) is 0 Å². The highest BCUT2D eigenvalue weighted by Crippen LogP contribution is 2.30. The van der Waals surface area contributed by atoms with Crippen LogP contribution in [0.4, 0.5) is 4.79 Å². The number of carboxylic acids is 1. The molecule has 0 bridgehead atoms. The number of amides is 2. The van der Waals surface area contributed by atoms with Crippen LogP contribution < -0.4 is 10.1 Å². The van der Waals surface area contributed by atoms with Crippen molar-refractivity contribution in [2.75, 3.05) is 19.7 Å². The van der Waals surface area contributed by atoms with Gasteiger partial charge in [-0.1, -0.05) is 39.0 Å². The molecule has 1 fully saturated rings. The minimum Gasteiger partial charge on any atom is -0.493 e. The van der Waals surface area contributed by atoms with Gasteiger partial charge in [-0.25, -0.2) is 4.79 Å². The Kier molecular flexibility index (Phi) is 7.30. The van der Waals surface area contributed by atoms with Gasteiger partial charge in [0.05, 0.1) is 18.6 Å². The number of rotatable bonds is 8. The lowest BCUT2D eigenvalue weighted by Gasteiger charge is -2.26. The van der Waals surface area contributed by atoms with Crippen molar-refractivity contribution in [2.24, 2.45) is 11.8 Å². The summed E-state index contributed by atoms with van der Waals surface area (Å²) in [6.07, 6.45) is 2.21. The number of carboxylic acid groups (broad SMARTS) is 1. The first-order valence-corrected chi connectivity index (χ1v) is 9.42. The fraction of sp³-hybridized carbons (Fsp3) is 0.600. The quantitative estimate of drug-likeness (QED) is 0.739. The third-order valence-electron chi connectivity index (χ3n) is 4.59. The Morgan fingerprint density at radius 3 is 2.69 bits per heavy atom. The number of nitrogens with zero attached hydrogens (tertiary/aromatic N) is 1. The first-order valence-electron chi connectivity index (χ1n) is 9.42. The van der Waals surface area contributed by atoms with Gasteiger partial charge in [0.1, 0.15) is 5.75 Å². The largest absolute Gasteiger partial charge is 0.493 e. The maximum absolute atomic E-state index is 12.7. The molecule has 0 spiro atoms. The number of hydrogen-bond donors (Lipinski definition) is 2. The van der Waals surface area contributed by atoms with Gasteiger partial charge >= 0.3 is 12.0 Å². The minimum absolute atomic E-state index is 0.167. The van der Waals surface area contributed by atoms with E-state index < -0.39 is 11.9 Å². The normalized spacial score (nSPS) is 18.0. The molecule has 2 amide bonds. The Morgan fingerprint density at radius 1 is 1.35 bits per heavy atom. The van der Waals surface area contributed by atoms with Crippen molar-refractivity contribution in [3.63, 3.8) is 0 Å². The van der Waals surface area contributed by atoms with E-state index in [0.29, 0.717) is 25.5 Å². The summed E-state index contributed by atoms with van der Waals surface area (Å²) in [5.74, 6) is -0.114. The van der Waals surface area contributed by atoms with Gasteiger partial charge in [0.2, 0.25) is 0 Å². The monoisotopic (exact) mass is 362 g/mol. The summed E-state index contributed by atoms with van der Waals surface area (Å²) >= 11 is 0. The lowest BCUT2D eigenvalue weighted by atomic mass is 9.96. The molecule has 2 atom stereocenters. The number of carbonyl (C=O) groups is 2. The minimum atomic E-state index is -0.836. The SMILES string of the molecule is CCCOc1ccccc1C(CC(C)C)NC(=O)N1CCC(C(=O)O)C1. The van der Waals surface area contributed by atoms with Crippen molar-refractivity contribution in [3.8, 4) is 5.75 Å². The van der Waals surface area contributed by atoms with Gasteiger partial charge in [-0.3, -0.25) is 4.79 Å². The molecule has 1 saturated heterocycles. The van der Waals surface area contributed by atoms with E-state index in [9.17, 15) is 9.59 Å². The molecule has 0 aromatic heterocycles. The number of likely N-dealkylation sites (tertiary alicyclic amines) is 1. The van der Waals surface area contributed by atoms with E-state index >= 15 is 0 Å². The fourth-order valence-corrected chi connectivity index (χ4v) is 3.23. The molecule has 1 aliphatic rings. The van der Waals surface area contributed by atoms with Crippen LogP contribution >= 0.6 is 0 Å². The van der Waals surface area contributed by atoms with Crippen molar-refractivity contribution in [3.05, 3.63) is 29.8 Å². The highest BCUT2D eigenvalue weighted by molar-refractivity contribution is 5.77. The number of para-hydroxylation sites is 1. The third kappa shape index (κ3) is 5.38. The van der Waals surface area contributed by atoms with Gasteiger partial charge < -0.3 is 20.1 Å². The van der Waals surface area contributed by atoms with Gasteiger partial charge in [0.25, 0.3) is 0 Å². The topological polar surface area (TPSA) is 78.9 Å². The Labute approximate surface area is 155 Å². The van der Waals surface area contributed by atoms with Crippen molar-refractivity contribution in [1.29, 1.82) is 0 Å². The Bertz CT molecular complexity index is 618. The van der Waals surface area contributed by atoms with Crippen LogP contribution in [0, 0.1) is 11.8 Å². The van der Waals surface area contributed by atoms with E-state index in [1.807, 2.05) is 24.3 Å². The lowest BCUT2D eigenvalue weighted by Crippen LogP contribution is -2.41. The second-order valence-corrected chi connectivity index (χ2v) is 7.29. The van der Waals surface area contributed by atoms with E-state index in [1.54, 1.807) is 4.90 Å². The van der Waals surface area contributed by atoms with Crippen molar-refractivity contribution in [1.82, 2.24) is 10.2 Å². The molecule has 2 unspecified atom stereocenters. The number of carbonyl (C=O) groups excluding carboxylic acids is 1. The molecule has 0 saturated carbocycles. The Morgan fingerprint density at radius 2 is 2.08 bits per heavy atom. The van der Waals surface area contributed by atoms with E-state index in [4.69, 9.17) is 9.84 Å². The molecule has 144 valence electrons. The number of urea groups is 1. The van der Waals surface area contributed by atoms with Crippen LogP contribution in [0.15, 0.2) is 24.3 Å². The smallest absolute Gasteiger partial charge is 0.317 e. The zero-order chi connectivity index (χ0) is 19.1. The van der Waals surface area contributed by atoms with E-state index in [2.05, 4.69) is 26.1 Å². The molecule has 2 N–H and O–H groups in total. The second kappa shape index (κ2) is 9.46. The Balaban J connectivity index is 2.13. The molecule has 0 radical (unpaired) electrons. The summed E-state index contributed by atoms with van der Waals surface area (Å²) in [5.41, 5.74) is 0.969. The van der Waals surface area contributed by atoms with Crippen LogP contribution in [-0.2, 0) is 4.79 Å². The fourth-order valence-electron chi connectivity index (χ4n) is 3.23. The van der Waals surface area contributed by atoms with Gasteiger partial charge in [-0.2, -0.15) is 0 Å². The van der Waals surface area contributed by atoms with Crippen LogP contribution in [0.5, 0.6) is 5.75 Å². The average Bonchev–Trinajstić information content (AvgIpc) is 3.10. The van der Waals surface area contributed by atoms with Crippen molar-refractivity contribution in [2.45, 2.75) is 46.1 Å². The molecular formula is C20H30N2O4. The summed E-state index contributed by atoms with van der Waals surface area (Å²) in [5, 5.41) is 12.2. The Hall–Kier alpha value is -2.24. The lowest BCUT2D eigenvalue weighted by molar-refractivity contribution is -0.141. The number of aliphatic carboxylic acids is 1. The summed E-state index contributed by atoms with van der Waals surface area (Å²) in [4.78, 5) is 25.4. The van der Waals surface area contributed by atoms with Crippen LogP contribution in [0.3, 0.4) is 0 Å². The van der Waals surface area contributed by atoms with Crippen LogP contribution in [0.2, 0.25) is 0 Å². The number of ether oxygens (including phenoxy) is 1. The van der Waals surface area contributed by atoms with Gasteiger partial charge in [-0.05, 0) is 31.2 Å². The average molecular weight is 362 g/mol. The molecule has 1 heterocycles. The molecule has 6 heteroatoms. The summed E-state index contributed by atoms with van der Waals surface area (Å²) in [6, 6.07) is 7.43. The zero-order valence-electron chi connectivity index (χ0n) is 15.9. The molecule has 1 aromatic rings. The number of benzene rings is 1. The molecule has 0 aliphatic carbocycles. The number of nitrogens with one attached hydrogen (secondary N) is 1. The molecule has 26 heavy (non-hydrogen) atoms. The maximum Gasteiger partial charge on any atom is 0.317 e. The summed E-state index contributed by atoms with van der Waals surface area (Å²) in [7, 11) is 0. The highest BCUT2D eigenvalue weighted by Gasteiger charge is 2.32. The van der Waals surface area contributed by atoms with Crippen LogP contribution in [0.25, 0.3) is 0 Å². The number of hydrogen-bond acceptors (Lipinski definition) is 3. The first-order chi connectivity index (χ1) is 12.4. The zero-order valence-corrected chi connectivity index (χ0v) is 15.9. The standard InChI is InChI=1S/C20H30N2O4/c1-4-11-26-18-8-6-5-7-16(18)17(12-14(2)3)21-20(25)22-10-9-15(13-22)19(23)24/h5-8,14-15,17H,4,9-13H2,1-3H3,(H,21,25)(H,23,24). The third-order valence-corrected chi connectivity index (χ3v) is 4.59. The molecule has 2 rings (SSSR count). The first kappa shape index (κ1) is 20.1. The van der Waals surface area contributed by atoms with Gasteiger partial charge in [0, 0.05) is 18.7 Å². The predicted octanol–water partition coefficient (Wildman–Crippen LogP) is 3.68. The van der Waals surface area contributed by atoms with E-state index in [0.717, 1.165) is 24.2 Å². The summed E-state index contributed by atoms with van der Waals surface area (Å²) in [6.45, 7) is 7.67. The van der Waals surface area contributed by atoms with Crippen LogP contribution in [-0.4, -0.2) is 41.7 Å². The molecule has 1 aromatic carbocycles. The van der Waals surface area contributed by atoms with Crippen molar-refractivity contribution >= 4 is 12.0 Å². The van der Waals surface area contributed by atoms with E-state index in [-0.39, 0.29) is 18.6 Å². The molecule has 1 aliphatic heterocycles. The molecule has 6 nitrogen and oxygen atoms in total. The second-order valence-electron chi connectivity index (χ2n) is 7.29. The van der Waals surface area contributed by atoms with Crippen LogP contribution in [0.1, 0.15) is 51.6 Å². The molecular weight excluding hydrogens is 332 g/mol. The van der Waals surface area contributed by atoms with Crippen molar-refractivity contribution < 1.29 is 19.4 Å². The van der Waals surface area contributed by atoms with E-state index in [1.165, 1.54) is 0 Å². The summed E-state index contributed by atoms with van der Waals surface area (Å²) < 4.78 is 5.86. The van der Waals surface area contributed by atoms with Gasteiger partial charge in [0.15, 0.2) is 0 Å². The highest BCUT2D eigenvalue weighted by atomic mass is 16.5. The predicted molar refractivity (Wildman–Crippen MR) is 100 cm³/mol. The maximum atomic E-state index is 12.7.